The fourth-order valence-electron chi connectivity index (χ4n) is 1.77. The lowest BCUT2D eigenvalue weighted by Gasteiger charge is -2.15. The van der Waals surface area contributed by atoms with E-state index in [-0.39, 0.29) is 16.9 Å². The standard InChI is InChI=1S/C15H18BrN5O/c1-9(10-5-7-11(16)8-6-10)18-20-14-17-13(22)12(19-21-14)15(2,3)4/h5-8H,1-4H3,(H2,17,20,21,22). The van der Waals surface area contributed by atoms with Crippen molar-refractivity contribution in [3.8, 4) is 0 Å². The predicted octanol–water partition coefficient (Wildman–Crippen LogP) is 3.06. The number of hydrogen-bond acceptors (Lipinski definition) is 5. The number of aromatic amines is 1. The summed E-state index contributed by atoms with van der Waals surface area (Å²) in [6.07, 6.45) is 0. The molecule has 0 saturated carbocycles. The number of nitrogens with one attached hydrogen (secondary N) is 2. The topological polar surface area (TPSA) is 83.0 Å². The van der Waals surface area contributed by atoms with E-state index in [9.17, 15) is 4.79 Å². The molecule has 2 aromatic rings. The van der Waals surface area contributed by atoms with Crippen LogP contribution in [0.3, 0.4) is 0 Å². The molecule has 0 saturated heterocycles. The Hall–Kier alpha value is -2.02. The summed E-state index contributed by atoms with van der Waals surface area (Å²) >= 11 is 3.39. The molecule has 0 aliphatic heterocycles. The summed E-state index contributed by atoms with van der Waals surface area (Å²) in [4.78, 5) is 14.6. The van der Waals surface area contributed by atoms with Gasteiger partial charge in [0, 0.05) is 9.89 Å². The van der Waals surface area contributed by atoms with E-state index in [1.165, 1.54) is 0 Å². The third-order valence-electron chi connectivity index (χ3n) is 3.00. The van der Waals surface area contributed by atoms with Gasteiger partial charge >= 0.3 is 0 Å². The van der Waals surface area contributed by atoms with Crippen LogP contribution in [0, 0.1) is 0 Å². The van der Waals surface area contributed by atoms with Crippen molar-refractivity contribution in [3.63, 3.8) is 0 Å². The van der Waals surface area contributed by atoms with Crippen LogP contribution >= 0.6 is 15.9 Å². The smallest absolute Gasteiger partial charge is 0.274 e. The number of halogens is 1. The molecule has 22 heavy (non-hydrogen) atoms. The van der Waals surface area contributed by atoms with Crippen molar-refractivity contribution >= 4 is 27.6 Å². The summed E-state index contributed by atoms with van der Waals surface area (Å²) < 4.78 is 1.00. The first kappa shape index (κ1) is 16.4. The van der Waals surface area contributed by atoms with Crippen molar-refractivity contribution in [1.82, 2.24) is 15.2 Å². The minimum Gasteiger partial charge on any atom is -0.288 e. The number of H-pyrrole nitrogens is 1. The third kappa shape index (κ3) is 4.00. The van der Waals surface area contributed by atoms with E-state index < -0.39 is 0 Å². The van der Waals surface area contributed by atoms with Gasteiger partial charge in [-0.2, -0.15) is 5.10 Å². The molecule has 0 atom stereocenters. The molecule has 0 amide bonds. The highest BCUT2D eigenvalue weighted by molar-refractivity contribution is 9.10. The molecule has 0 aliphatic carbocycles. The predicted molar refractivity (Wildman–Crippen MR) is 91.3 cm³/mol. The first-order chi connectivity index (χ1) is 10.3. The lowest BCUT2D eigenvalue weighted by atomic mass is 9.93. The molecule has 0 bridgehead atoms. The molecule has 0 radical (unpaired) electrons. The highest BCUT2D eigenvalue weighted by Crippen LogP contribution is 2.15. The second kappa shape index (κ2) is 6.39. The lowest BCUT2D eigenvalue weighted by Crippen LogP contribution is -2.28. The van der Waals surface area contributed by atoms with E-state index in [0.717, 1.165) is 15.7 Å². The van der Waals surface area contributed by atoms with E-state index in [0.29, 0.717) is 5.69 Å². The number of hydrogen-bond donors (Lipinski definition) is 2. The fourth-order valence-corrected chi connectivity index (χ4v) is 2.03. The largest absolute Gasteiger partial charge is 0.288 e. The summed E-state index contributed by atoms with van der Waals surface area (Å²) in [6, 6.07) is 7.77. The van der Waals surface area contributed by atoms with Gasteiger partial charge in [0.25, 0.3) is 5.56 Å². The Morgan fingerprint density at radius 1 is 1.23 bits per heavy atom. The van der Waals surface area contributed by atoms with Crippen LogP contribution in [0.5, 0.6) is 0 Å². The number of anilines is 1. The number of benzene rings is 1. The lowest BCUT2D eigenvalue weighted by molar-refractivity contribution is 0.547. The zero-order valence-electron chi connectivity index (χ0n) is 12.9. The van der Waals surface area contributed by atoms with Crippen LogP contribution in [0.15, 0.2) is 38.6 Å². The van der Waals surface area contributed by atoms with Gasteiger partial charge in [-0.15, -0.1) is 10.2 Å². The van der Waals surface area contributed by atoms with Gasteiger partial charge < -0.3 is 0 Å². The van der Waals surface area contributed by atoms with Gasteiger partial charge in [-0.3, -0.25) is 9.78 Å². The Morgan fingerprint density at radius 3 is 2.41 bits per heavy atom. The van der Waals surface area contributed by atoms with Gasteiger partial charge in [0.2, 0.25) is 5.95 Å². The van der Waals surface area contributed by atoms with E-state index in [1.54, 1.807) is 0 Å². The molecule has 1 aromatic heterocycles. The zero-order chi connectivity index (χ0) is 16.3. The van der Waals surface area contributed by atoms with Gasteiger partial charge in [-0.05, 0) is 24.6 Å². The second-order valence-corrected chi connectivity index (χ2v) is 6.83. The Balaban J connectivity index is 2.18. The molecule has 2 N–H and O–H groups in total. The Morgan fingerprint density at radius 2 is 1.86 bits per heavy atom. The van der Waals surface area contributed by atoms with Crippen molar-refractivity contribution in [2.24, 2.45) is 5.10 Å². The first-order valence-corrected chi connectivity index (χ1v) is 7.60. The van der Waals surface area contributed by atoms with Crippen molar-refractivity contribution in [1.29, 1.82) is 0 Å². The molecule has 1 heterocycles. The fraction of sp³-hybridized carbons (Fsp3) is 0.333. The van der Waals surface area contributed by atoms with E-state index in [2.05, 4.69) is 41.6 Å². The molecule has 1 aromatic carbocycles. The van der Waals surface area contributed by atoms with Crippen molar-refractivity contribution < 1.29 is 0 Å². The average Bonchev–Trinajstić information content (AvgIpc) is 2.44. The van der Waals surface area contributed by atoms with Crippen LogP contribution in [0.1, 0.15) is 39.0 Å². The molecular formula is C15H18BrN5O. The van der Waals surface area contributed by atoms with Crippen LogP contribution in [0.25, 0.3) is 0 Å². The quantitative estimate of drug-likeness (QED) is 0.648. The molecule has 2 rings (SSSR count). The Bertz CT molecular complexity index is 744. The summed E-state index contributed by atoms with van der Waals surface area (Å²) in [6.45, 7) is 7.60. The molecular weight excluding hydrogens is 346 g/mol. The van der Waals surface area contributed by atoms with Gasteiger partial charge in [0.15, 0.2) is 0 Å². The summed E-state index contributed by atoms with van der Waals surface area (Å²) in [5, 5.41) is 12.1. The molecule has 116 valence electrons. The highest BCUT2D eigenvalue weighted by atomic mass is 79.9. The van der Waals surface area contributed by atoms with Crippen LogP contribution < -0.4 is 11.0 Å². The van der Waals surface area contributed by atoms with Gasteiger partial charge in [0.05, 0.1) is 5.71 Å². The molecule has 7 heteroatoms. The second-order valence-electron chi connectivity index (χ2n) is 5.92. The van der Waals surface area contributed by atoms with E-state index >= 15 is 0 Å². The van der Waals surface area contributed by atoms with Crippen molar-refractivity contribution in [3.05, 3.63) is 50.3 Å². The molecule has 0 spiro atoms. The number of aromatic nitrogens is 3. The SMILES string of the molecule is CC(=NNc1nnc(C(C)(C)C)c(=O)[nH]1)c1ccc(Br)cc1. The molecule has 0 fully saturated rings. The maximum Gasteiger partial charge on any atom is 0.274 e. The summed E-state index contributed by atoms with van der Waals surface area (Å²) in [5.41, 5.74) is 4.25. The van der Waals surface area contributed by atoms with Crippen LogP contribution in [-0.2, 0) is 5.41 Å². The molecule has 0 unspecified atom stereocenters. The Labute approximate surface area is 137 Å². The van der Waals surface area contributed by atoms with Gasteiger partial charge in [-0.25, -0.2) is 5.43 Å². The van der Waals surface area contributed by atoms with Crippen molar-refractivity contribution in [2.45, 2.75) is 33.1 Å². The molecule has 6 nitrogen and oxygen atoms in total. The van der Waals surface area contributed by atoms with E-state index in [1.807, 2.05) is 52.0 Å². The van der Waals surface area contributed by atoms with Crippen LogP contribution in [0.2, 0.25) is 0 Å². The maximum atomic E-state index is 12.0. The van der Waals surface area contributed by atoms with Gasteiger partial charge in [-0.1, -0.05) is 48.8 Å². The summed E-state index contributed by atoms with van der Waals surface area (Å²) in [7, 11) is 0. The maximum absolute atomic E-state index is 12.0. The third-order valence-corrected chi connectivity index (χ3v) is 3.53. The number of rotatable bonds is 3. The number of nitrogens with zero attached hydrogens (tertiary/aromatic N) is 3. The monoisotopic (exact) mass is 363 g/mol. The van der Waals surface area contributed by atoms with Gasteiger partial charge in [0.1, 0.15) is 5.69 Å². The highest BCUT2D eigenvalue weighted by Gasteiger charge is 2.20. The first-order valence-electron chi connectivity index (χ1n) is 6.81. The minimum atomic E-state index is -0.351. The Kier molecular flexibility index (Phi) is 4.75. The van der Waals surface area contributed by atoms with Crippen LogP contribution in [-0.4, -0.2) is 20.9 Å². The van der Waals surface area contributed by atoms with E-state index in [4.69, 9.17) is 0 Å². The average molecular weight is 364 g/mol. The molecule has 0 aliphatic rings. The normalized spacial score (nSPS) is 12.3. The zero-order valence-corrected chi connectivity index (χ0v) is 14.5. The summed E-state index contributed by atoms with van der Waals surface area (Å²) in [5.74, 6) is 0.217. The van der Waals surface area contributed by atoms with Crippen molar-refractivity contribution in [2.75, 3.05) is 5.43 Å². The minimum absolute atomic E-state index is 0.217. The van der Waals surface area contributed by atoms with Crippen LogP contribution in [0.4, 0.5) is 5.95 Å². The number of hydrazone groups is 1.